The Morgan fingerprint density at radius 2 is 1.69 bits per heavy atom. The van der Waals surface area contributed by atoms with Gasteiger partial charge in [-0.05, 0) is 68.7 Å². The molecule has 3 N–H and O–H groups in total. The van der Waals surface area contributed by atoms with Crippen LogP contribution in [0.25, 0.3) is 0 Å². The first-order valence-electron chi connectivity index (χ1n) is 12.7. The highest BCUT2D eigenvalue weighted by atomic mass is 35.5. The number of aliphatic hydroxyl groups is 1. The summed E-state index contributed by atoms with van der Waals surface area (Å²) in [5.41, 5.74) is -0.128. The second kappa shape index (κ2) is 9.80. The summed E-state index contributed by atoms with van der Waals surface area (Å²) >= 11 is 12.3. The van der Waals surface area contributed by atoms with Gasteiger partial charge < -0.3 is 15.7 Å². The summed E-state index contributed by atoms with van der Waals surface area (Å²) in [5, 5.41) is 11.9. The van der Waals surface area contributed by atoms with E-state index in [-0.39, 0.29) is 46.2 Å². The largest absolute Gasteiger partial charge is 0.416 e. The molecule has 2 aromatic carbocycles. The second-order valence-electron chi connectivity index (χ2n) is 10.9. The molecule has 1 heterocycles. The highest BCUT2D eigenvalue weighted by molar-refractivity contribution is 6.35. The summed E-state index contributed by atoms with van der Waals surface area (Å²) in [6, 6.07) is 7.23. The van der Waals surface area contributed by atoms with Crippen molar-refractivity contribution in [3.8, 4) is 0 Å². The number of nitrogens with two attached hydrogens (primary N) is 1. The monoisotopic (exact) mass is 603 g/mol. The lowest BCUT2D eigenvalue weighted by atomic mass is 9.78. The van der Waals surface area contributed by atoms with Crippen molar-refractivity contribution in [3.63, 3.8) is 0 Å². The Labute approximate surface area is 239 Å². The van der Waals surface area contributed by atoms with Gasteiger partial charge in [-0.25, -0.2) is 0 Å². The first-order chi connectivity index (χ1) is 17.9. The number of hydrogen-bond acceptors (Lipinski definition) is 4. The summed E-state index contributed by atoms with van der Waals surface area (Å²) < 4.78 is 43.1. The SMILES string of the molecule is Cl.NC(=O)c1cc2c(c(C(F)(F)F)c1)C(O)(c1ccc(Cl)cc1Cl)C(=O)N2C[C@H]1C[C@H](N(C2CC2)C2CC2)C1. The first-order valence-corrected chi connectivity index (χ1v) is 13.5. The third kappa shape index (κ3) is 4.80. The van der Waals surface area contributed by atoms with Crippen LogP contribution >= 0.6 is 35.6 Å². The van der Waals surface area contributed by atoms with Crippen molar-refractivity contribution in [2.45, 2.75) is 68.4 Å². The van der Waals surface area contributed by atoms with Gasteiger partial charge in [0.05, 0.1) is 11.3 Å². The molecule has 0 bridgehead atoms. The second-order valence-corrected chi connectivity index (χ2v) is 11.8. The molecule has 2 amide bonds. The number of nitrogens with zero attached hydrogens (tertiary/aromatic N) is 2. The fourth-order valence-electron chi connectivity index (χ4n) is 6.20. The van der Waals surface area contributed by atoms with Crippen LogP contribution in [0.15, 0.2) is 30.3 Å². The minimum atomic E-state index is -4.99. The summed E-state index contributed by atoms with van der Waals surface area (Å²) in [6.45, 7) is 0.110. The van der Waals surface area contributed by atoms with Gasteiger partial charge in [0.2, 0.25) is 5.91 Å². The van der Waals surface area contributed by atoms with E-state index in [9.17, 15) is 27.9 Å². The maximum absolute atomic E-state index is 14.4. The van der Waals surface area contributed by atoms with Crippen LogP contribution in [0.5, 0.6) is 0 Å². The number of benzene rings is 2. The van der Waals surface area contributed by atoms with Gasteiger partial charge in [-0.3, -0.25) is 14.5 Å². The third-order valence-electron chi connectivity index (χ3n) is 8.25. The van der Waals surface area contributed by atoms with E-state index < -0.39 is 40.3 Å². The number of fused-ring (bicyclic) bond motifs is 1. The van der Waals surface area contributed by atoms with Gasteiger partial charge in [-0.2, -0.15) is 13.2 Å². The smallest absolute Gasteiger partial charge is 0.372 e. The molecule has 12 heteroatoms. The Bertz CT molecular complexity index is 1330. The molecule has 0 radical (unpaired) electrons. The maximum Gasteiger partial charge on any atom is 0.416 e. The van der Waals surface area contributed by atoms with Crippen molar-refractivity contribution in [1.29, 1.82) is 0 Å². The Kier molecular flexibility index (Phi) is 7.16. The van der Waals surface area contributed by atoms with Crippen molar-refractivity contribution < 1.29 is 27.9 Å². The van der Waals surface area contributed by atoms with Crippen molar-refractivity contribution in [2.75, 3.05) is 11.4 Å². The van der Waals surface area contributed by atoms with Crippen LogP contribution < -0.4 is 10.6 Å². The van der Waals surface area contributed by atoms with Crippen molar-refractivity contribution in [1.82, 2.24) is 4.90 Å². The summed E-state index contributed by atoms with van der Waals surface area (Å²) in [6.07, 6.45) is 1.42. The van der Waals surface area contributed by atoms with Crippen molar-refractivity contribution in [3.05, 3.63) is 62.6 Å². The van der Waals surface area contributed by atoms with Gasteiger partial charge in [0.1, 0.15) is 0 Å². The number of primary amides is 1. The number of halogens is 6. The lowest BCUT2D eigenvalue weighted by molar-refractivity contribution is -0.142. The normalized spacial score (nSPS) is 26.3. The number of carbonyl (C=O) groups excluding carboxylic acids is 2. The van der Waals surface area contributed by atoms with E-state index in [1.807, 2.05) is 0 Å². The van der Waals surface area contributed by atoms with Gasteiger partial charge in [0.15, 0.2) is 5.60 Å². The summed E-state index contributed by atoms with van der Waals surface area (Å²) in [7, 11) is 0. The van der Waals surface area contributed by atoms with Crippen molar-refractivity contribution >= 4 is 53.1 Å². The number of carbonyl (C=O) groups is 2. The minimum Gasteiger partial charge on any atom is -0.372 e. The van der Waals surface area contributed by atoms with Crippen LogP contribution in [0.1, 0.15) is 65.6 Å². The quantitative estimate of drug-likeness (QED) is 0.436. The fraction of sp³-hybridized carbons (Fsp3) is 0.481. The summed E-state index contributed by atoms with van der Waals surface area (Å²) in [4.78, 5) is 29.6. The van der Waals surface area contributed by atoms with Crippen LogP contribution in [-0.4, -0.2) is 46.5 Å². The fourth-order valence-corrected chi connectivity index (χ4v) is 6.75. The molecular weight excluding hydrogens is 578 g/mol. The molecule has 1 atom stereocenters. The van der Waals surface area contributed by atoms with Crippen LogP contribution in [0.2, 0.25) is 10.0 Å². The van der Waals surface area contributed by atoms with Gasteiger partial charge in [0.25, 0.3) is 5.91 Å². The maximum atomic E-state index is 14.4. The van der Waals surface area contributed by atoms with Crippen molar-refractivity contribution in [2.24, 2.45) is 11.7 Å². The molecule has 6 rings (SSSR count). The zero-order valence-corrected chi connectivity index (χ0v) is 23.0. The minimum absolute atomic E-state index is 0. The Morgan fingerprint density at radius 3 is 2.21 bits per heavy atom. The average molecular weight is 605 g/mol. The summed E-state index contributed by atoms with van der Waals surface area (Å²) in [5.74, 6) is -1.99. The molecule has 3 aliphatic carbocycles. The van der Waals surface area contributed by atoms with E-state index in [0.29, 0.717) is 24.2 Å². The van der Waals surface area contributed by atoms with E-state index in [2.05, 4.69) is 4.90 Å². The molecule has 4 aliphatic rings. The zero-order chi connectivity index (χ0) is 27.1. The Balaban J connectivity index is 0.00000308. The molecule has 39 heavy (non-hydrogen) atoms. The van der Waals surface area contributed by atoms with E-state index in [1.165, 1.54) is 48.8 Å². The molecule has 3 fully saturated rings. The predicted octanol–water partition coefficient (Wildman–Crippen LogP) is 5.52. The lowest BCUT2D eigenvalue weighted by Gasteiger charge is -2.45. The Hall–Kier alpha value is -2.04. The molecule has 0 saturated heterocycles. The molecule has 2 aromatic rings. The average Bonchev–Trinajstić information content (AvgIpc) is 3.73. The number of amides is 2. The molecule has 3 saturated carbocycles. The molecule has 0 aromatic heterocycles. The predicted molar refractivity (Wildman–Crippen MR) is 143 cm³/mol. The third-order valence-corrected chi connectivity index (χ3v) is 8.79. The van der Waals surface area contributed by atoms with Gasteiger partial charge in [0, 0.05) is 51.4 Å². The lowest BCUT2D eigenvalue weighted by Crippen LogP contribution is -2.51. The molecule has 0 spiro atoms. The van der Waals surface area contributed by atoms with Gasteiger partial charge >= 0.3 is 6.18 Å². The molecule has 1 unspecified atom stereocenters. The number of anilines is 1. The van der Waals surface area contributed by atoms with Gasteiger partial charge in [-0.15, -0.1) is 12.4 Å². The number of alkyl halides is 3. The standard InChI is InChI=1S/C27H26Cl2F3N3O3.ClH/c28-15-1-6-19(21(29)11-15)26(38)23-20(27(30,31)32)9-14(24(33)36)10-22(23)34(25(26)37)12-13-7-18(8-13)35(16-2-3-16)17-4-5-17;/h1,6,9-11,13,16-18,38H,2-5,7-8,12H2,(H2,33,36);1H/t13-,18-,26?;. The topological polar surface area (TPSA) is 86.9 Å². The van der Waals surface area contributed by atoms with Crippen LogP contribution in [-0.2, 0) is 16.6 Å². The van der Waals surface area contributed by atoms with E-state index in [4.69, 9.17) is 28.9 Å². The van der Waals surface area contributed by atoms with Crippen LogP contribution in [0.3, 0.4) is 0 Å². The number of hydrogen-bond donors (Lipinski definition) is 2. The van der Waals surface area contributed by atoms with Gasteiger partial charge in [-0.1, -0.05) is 29.3 Å². The van der Waals surface area contributed by atoms with E-state index in [1.54, 1.807) is 0 Å². The van der Waals surface area contributed by atoms with E-state index >= 15 is 0 Å². The highest BCUT2D eigenvalue weighted by Gasteiger charge is 2.57. The van der Waals surface area contributed by atoms with Crippen LogP contribution in [0, 0.1) is 5.92 Å². The Morgan fingerprint density at radius 1 is 1.08 bits per heavy atom. The molecular formula is C27H27Cl3F3N3O3. The van der Waals surface area contributed by atoms with E-state index in [0.717, 1.165) is 18.9 Å². The van der Waals surface area contributed by atoms with Crippen LogP contribution in [0.4, 0.5) is 18.9 Å². The molecule has 6 nitrogen and oxygen atoms in total. The zero-order valence-electron chi connectivity index (χ0n) is 20.7. The highest BCUT2D eigenvalue weighted by Crippen LogP contribution is 2.53. The molecule has 210 valence electrons. The number of rotatable bonds is 7. The first kappa shape index (κ1) is 28.5. The molecule has 1 aliphatic heterocycles.